The van der Waals surface area contributed by atoms with E-state index in [0.29, 0.717) is 26.4 Å². The molecule has 6 rings (SSSR count). The van der Waals surface area contributed by atoms with Gasteiger partial charge >= 0.3 is 0 Å². The van der Waals surface area contributed by atoms with Crippen LogP contribution >= 0.6 is 22.7 Å². The molecule has 0 amide bonds. The highest BCUT2D eigenvalue weighted by atomic mass is 32.1. The topological polar surface area (TPSA) is 36.9 Å². The van der Waals surface area contributed by atoms with Crippen molar-refractivity contribution in [1.29, 1.82) is 0 Å². The summed E-state index contributed by atoms with van der Waals surface area (Å²) in [7, 11) is 0. The molecule has 2 aromatic carbocycles. The molecule has 2 aliphatic heterocycles. The highest BCUT2D eigenvalue weighted by Gasteiger charge is 2.21. The highest BCUT2D eigenvalue weighted by Crippen LogP contribution is 2.47. The van der Waals surface area contributed by atoms with E-state index in [1.807, 2.05) is 10.8 Å². The van der Waals surface area contributed by atoms with E-state index in [1.165, 1.54) is 10.8 Å². The van der Waals surface area contributed by atoms with Gasteiger partial charge in [-0.25, -0.2) is 0 Å². The lowest BCUT2D eigenvalue weighted by atomic mass is 10.0. The fraction of sp³-hybridized carbons (Fsp3) is 0.182. The van der Waals surface area contributed by atoms with Crippen LogP contribution in [0, 0.1) is 0 Å². The van der Waals surface area contributed by atoms with Crippen molar-refractivity contribution in [2.45, 2.75) is 0 Å². The van der Waals surface area contributed by atoms with Gasteiger partial charge in [-0.15, -0.1) is 22.7 Å². The predicted octanol–water partition coefficient (Wildman–Crippen LogP) is 5.84. The Hall–Kier alpha value is -2.70. The molecule has 0 N–H and O–H groups in total. The van der Waals surface area contributed by atoms with Gasteiger partial charge in [-0.1, -0.05) is 24.3 Å². The molecule has 28 heavy (non-hydrogen) atoms. The maximum Gasteiger partial charge on any atom is 0.179 e. The second kappa shape index (κ2) is 6.43. The Kier molecular flexibility index (Phi) is 3.74. The van der Waals surface area contributed by atoms with Gasteiger partial charge in [-0.2, -0.15) is 0 Å². The Labute approximate surface area is 169 Å². The largest absolute Gasteiger partial charge is 0.485 e. The zero-order valence-electron chi connectivity index (χ0n) is 14.9. The molecule has 0 atom stereocenters. The van der Waals surface area contributed by atoms with Crippen LogP contribution in [0.25, 0.3) is 31.7 Å². The summed E-state index contributed by atoms with van der Waals surface area (Å²) in [5.74, 6) is 3.45. The van der Waals surface area contributed by atoms with E-state index in [1.54, 1.807) is 22.7 Å². The molecule has 0 spiro atoms. The fourth-order valence-corrected chi connectivity index (χ4v) is 5.51. The summed E-state index contributed by atoms with van der Waals surface area (Å²) in [4.78, 5) is 2.25. The van der Waals surface area contributed by atoms with Gasteiger partial charge in [0.15, 0.2) is 23.0 Å². The molecular weight excluding hydrogens is 392 g/mol. The molecule has 0 bridgehead atoms. The number of ether oxygens (including phenoxy) is 4. The third kappa shape index (κ3) is 2.56. The fourth-order valence-electron chi connectivity index (χ4n) is 3.65. The van der Waals surface area contributed by atoms with Crippen LogP contribution in [0.15, 0.2) is 47.2 Å². The third-order valence-electron chi connectivity index (χ3n) is 4.97. The van der Waals surface area contributed by atoms with Crippen LogP contribution in [-0.4, -0.2) is 26.4 Å². The first-order valence-corrected chi connectivity index (χ1v) is 10.9. The van der Waals surface area contributed by atoms with E-state index in [2.05, 4.69) is 36.4 Å². The Morgan fingerprint density at radius 3 is 1.54 bits per heavy atom. The van der Waals surface area contributed by atoms with Crippen molar-refractivity contribution in [2.24, 2.45) is 0 Å². The lowest BCUT2D eigenvalue weighted by Gasteiger charge is -2.16. The summed E-state index contributed by atoms with van der Waals surface area (Å²) < 4.78 is 23.0. The Balaban J connectivity index is 1.40. The van der Waals surface area contributed by atoms with Gasteiger partial charge < -0.3 is 18.9 Å². The minimum atomic E-state index is 0.602. The standard InChI is InChI=1S/C22H16O4S2/c1-3-15(21-19-17(11-27-21)23-5-7-25-19)10-14-2-4-16(9-13(1)14)22-20-18(12-28-22)24-6-8-26-20/h1-4,9-12H,5-8H2. The average molecular weight is 409 g/mol. The molecular formula is C22H16O4S2. The molecule has 0 saturated carbocycles. The van der Waals surface area contributed by atoms with E-state index in [9.17, 15) is 0 Å². The first kappa shape index (κ1) is 16.3. The maximum absolute atomic E-state index is 5.84. The molecule has 4 nitrogen and oxygen atoms in total. The molecule has 2 aromatic heterocycles. The lowest BCUT2D eigenvalue weighted by Crippen LogP contribution is -2.14. The Bertz CT molecular complexity index is 1100. The van der Waals surface area contributed by atoms with Crippen LogP contribution in [0.5, 0.6) is 23.0 Å². The van der Waals surface area contributed by atoms with E-state index < -0.39 is 0 Å². The molecule has 0 unspecified atom stereocenters. The summed E-state index contributed by atoms with van der Waals surface area (Å²) >= 11 is 3.33. The molecule has 0 radical (unpaired) electrons. The number of hydrogen-bond acceptors (Lipinski definition) is 6. The highest BCUT2D eigenvalue weighted by molar-refractivity contribution is 7.14. The number of benzene rings is 2. The number of thiophene rings is 2. The first-order chi connectivity index (χ1) is 13.9. The molecule has 2 aliphatic rings. The first-order valence-electron chi connectivity index (χ1n) is 9.15. The zero-order chi connectivity index (χ0) is 18.5. The van der Waals surface area contributed by atoms with Crippen LogP contribution in [0.3, 0.4) is 0 Å². The lowest BCUT2D eigenvalue weighted by molar-refractivity contribution is 0.174. The summed E-state index contributed by atoms with van der Waals surface area (Å²) in [6, 6.07) is 13.1. The summed E-state index contributed by atoms with van der Waals surface area (Å²) in [6.07, 6.45) is 0. The Morgan fingerprint density at radius 1 is 0.571 bits per heavy atom. The zero-order valence-corrected chi connectivity index (χ0v) is 16.5. The van der Waals surface area contributed by atoms with Crippen molar-refractivity contribution >= 4 is 33.4 Å². The smallest absolute Gasteiger partial charge is 0.179 e. The summed E-state index contributed by atoms with van der Waals surface area (Å²) in [6.45, 7) is 2.44. The molecule has 4 aromatic rings. The normalized spacial score (nSPS) is 15.0. The SMILES string of the molecule is c1cc2cc(-c3scc4c3OCCO4)ccc2cc1-c1scc2c1OCCO2. The monoisotopic (exact) mass is 408 g/mol. The molecule has 140 valence electrons. The van der Waals surface area contributed by atoms with Gasteiger partial charge in [0.2, 0.25) is 0 Å². The van der Waals surface area contributed by atoms with Crippen molar-refractivity contribution in [1.82, 2.24) is 0 Å². The average Bonchev–Trinajstić information content (AvgIpc) is 3.37. The minimum Gasteiger partial charge on any atom is -0.485 e. The van der Waals surface area contributed by atoms with Gasteiger partial charge in [0.05, 0.1) is 9.75 Å². The van der Waals surface area contributed by atoms with Gasteiger partial charge in [0.1, 0.15) is 26.4 Å². The van der Waals surface area contributed by atoms with Crippen LogP contribution in [0.2, 0.25) is 0 Å². The molecule has 0 fully saturated rings. The minimum absolute atomic E-state index is 0.602. The molecule has 0 saturated heterocycles. The second-order valence-corrected chi connectivity index (χ2v) is 8.45. The summed E-state index contributed by atoms with van der Waals surface area (Å²) in [5.41, 5.74) is 2.31. The number of fused-ring (bicyclic) bond motifs is 3. The summed E-state index contributed by atoms with van der Waals surface area (Å²) in [5, 5.41) is 6.45. The van der Waals surface area contributed by atoms with Gasteiger partial charge in [-0.3, -0.25) is 0 Å². The van der Waals surface area contributed by atoms with Crippen molar-refractivity contribution in [3.63, 3.8) is 0 Å². The van der Waals surface area contributed by atoms with Crippen molar-refractivity contribution < 1.29 is 18.9 Å². The quantitative estimate of drug-likeness (QED) is 0.418. The number of rotatable bonds is 2. The molecule has 0 aliphatic carbocycles. The van der Waals surface area contributed by atoms with E-state index in [-0.39, 0.29) is 0 Å². The van der Waals surface area contributed by atoms with Gasteiger partial charge in [0, 0.05) is 10.8 Å². The molecule has 6 heteroatoms. The van der Waals surface area contributed by atoms with E-state index in [4.69, 9.17) is 18.9 Å². The van der Waals surface area contributed by atoms with E-state index >= 15 is 0 Å². The van der Waals surface area contributed by atoms with Crippen LogP contribution < -0.4 is 18.9 Å². The van der Waals surface area contributed by atoms with E-state index in [0.717, 1.165) is 43.9 Å². The predicted molar refractivity (Wildman–Crippen MR) is 113 cm³/mol. The van der Waals surface area contributed by atoms with Crippen molar-refractivity contribution in [2.75, 3.05) is 26.4 Å². The second-order valence-electron chi connectivity index (χ2n) is 6.69. The van der Waals surface area contributed by atoms with Crippen molar-refractivity contribution in [3.8, 4) is 43.9 Å². The van der Waals surface area contributed by atoms with Gasteiger partial charge in [0.25, 0.3) is 0 Å². The van der Waals surface area contributed by atoms with Crippen LogP contribution in [-0.2, 0) is 0 Å². The van der Waals surface area contributed by atoms with Crippen LogP contribution in [0.1, 0.15) is 0 Å². The Morgan fingerprint density at radius 2 is 1.04 bits per heavy atom. The van der Waals surface area contributed by atoms with Crippen LogP contribution in [0.4, 0.5) is 0 Å². The third-order valence-corrected chi connectivity index (χ3v) is 6.94. The maximum atomic E-state index is 5.84. The number of hydrogen-bond donors (Lipinski definition) is 0. The van der Waals surface area contributed by atoms with Gasteiger partial charge in [-0.05, 0) is 34.0 Å². The molecule has 4 heterocycles. The van der Waals surface area contributed by atoms with Crippen molar-refractivity contribution in [3.05, 3.63) is 47.2 Å².